The summed E-state index contributed by atoms with van der Waals surface area (Å²) >= 11 is 23.6. The third-order valence-electron chi connectivity index (χ3n) is 2.28. The first-order chi connectivity index (χ1) is 8.60. The number of alkyl halides is 1. The molecule has 0 aliphatic rings. The van der Waals surface area contributed by atoms with Gasteiger partial charge in [-0.25, -0.2) is 0 Å². The fourth-order valence-corrected chi connectivity index (χ4v) is 2.28. The van der Waals surface area contributed by atoms with Crippen LogP contribution in [0.15, 0.2) is 36.4 Å². The molecule has 0 saturated heterocycles. The average molecular weight is 322 g/mol. The van der Waals surface area contributed by atoms with Crippen LogP contribution in [0.2, 0.25) is 15.1 Å². The van der Waals surface area contributed by atoms with Gasteiger partial charge in [-0.1, -0.05) is 34.8 Å². The smallest absolute Gasteiger partial charge is 0.146 e. The van der Waals surface area contributed by atoms with Crippen LogP contribution in [0.1, 0.15) is 5.56 Å². The molecule has 1 nitrogen and oxygen atoms in total. The van der Waals surface area contributed by atoms with Crippen molar-refractivity contribution in [3.8, 4) is 11.5 Å². The monoisotopic (exact) mass is 320 g/mol. The minimum Gasteiger partial charge on any atom is -0.455 e. The number of ether oxygens (including phenoxy) is 1. The highest BCUT2D eigenvalue weighted by atomic mass is 35.5. The first kappa shape index (κ1) is 13.8. The molecule has 2 rings (SSSR count). The molecule has 0 heterocycles. The third kappa shape index (κ3) is 3.24. The van der Waals surface area contributed by atoms with Crippen LogP contribution >= 0.6 is 46.4 Å². The lowest BCUT2D eigenvalue weighted by molar-refractivity contribution is 0.478. The van der Waals surface area contributed by atoms with Crippen LogP contribution in [0.4, 0.5) is 0 Å². The molecule has 0 radical (unpaired) electrons. The highest BCUT2D eigenvalue weighted by Crippen LogP contribution is 2.34. The fraction of sp³-hybridized carbons (Fsp3) is 0.0769. The standard InChI is InChI=1S/C13H8Cl4O/c14-7-8-5-9(15)1-3-12(8)18-13-4-2-10(16)6-11(13)17/h1-6H,7H2. The maximum Gasteiger partial charge on any atom is 0.146 e. The van der Waals surface area contributed by atoms with Gasteiger partial charge in [0.25, 0.3) is 0 Å². The van der Waals surface area contributed by atoms with Crippen LogP contribution in [0.5, 0.6) is 11.5 Å². The quantitative estimate of drug-likeness (QED) is 0.613. The van der Waals surface area contributed by atoms with Crippen LogP contribution in [-0.2, 0) is 5.88 Å². The van der Waals surface area contributed by atoms with Crippen molar-refractivity contribution in [3.63, 3.8) is 0 Å². The normalized spacial score (nSPS) is 10.4. The summed E-state index contributed by atoms with van der Waals surface area (Å²) in [6, 6.07) is 10.3. The first-order valence-electron chi connectivity index (χ1n) is 5.07. The predicted octanol–water partition coefficient (Wildman–Crippen LogP) is 6.18. The Labute approximate surface area is 125 Å². The molecule has 0 fully saturated rings. The number of hydrogen-bond acceptors (Lipinski definition) is 1. The number of hydrogen-bond donors (Lipinski definition) is 0. The van der Waals surface area contributed by atoms with E-state index in [0.717, 1.165) is 5.56 Å². The van der Waals surface area contributed by atoms with Crippen molar-refractivity contribution in [3.05, 3.63) is 57.0 Å². The zero-order valence-electron chi connectivity index (χ0n) is 9.09. The van der Waals surface area contributed by atoms with Gasteiger partial charge in [0.15, 0.2) is 0 Å². The van der Waals surface area contributed by atoms with Gasteiger partial charge in [-0.15, -0.1) is 11.6 Å². The molecule has 0 aliphatic carbocycles. The lowest BCUT2D eigenvalue weighted by Gasteiger charge is -2.11. The maximum atomic E-state index is 6.04. The molecule has 0 amide bonds. The Kier molecular flexibility index (Phi) is 4.63. The SMILES string of the molecule is ClCc1cc(Cl)ccc1Oc1ccc(Cl)cc1Cl. The second-order valence-corrected chi connectivity index (χ2v) is 5.11. The van der Waals surface area contributed by atoms with Crippen molar-refractivity contribution in [2.45, 2.75) is 5.88 Å². The van der Waals surface area contributed by atoms with E-state index in [1.54, 1.807) is 36.4 Å². The summed E-state index contributed by atoms with van der Waals surface area (Å²) < 4.78 is 5.71. The second-order valence-electron chi connectivity index (χ2n) is 3.56. The van der Waals surface area contributed by atoms with Gasteiger partial charge in [-0.2, -0.15) is 0 Å². The Morgan fingerprint density at radius 3 is 2.06 bits per heavy atom. The number of halogens is 4. The van der Waals surface area contributed by atoms with E-state index >= 15 is 0 Å². The van der Waals surface area contributed by atoms with Gasteiger partial charge in [-0.05, 0) is 36.4 Å². The van der Waals surface area contributed by atoms with Crippen LogP contribution < -0.4 is 4.74 Å². The van der Waals surface area contributed by atoms with Gasteiger partial charge in [0, 0.05) is 15.6 Å². The van der Waals surface area contributed by atoms with Gasteiger partial charge < -0.3 is 4.74 Å². The molecule has 0 aromatic heterocycles. The molecular formula is C13H8Cl4O. The van der Waals surface area contributed by atoms with Gasteiger partial charge in [0.2, 0.25) is 0 Å². The molecule has 0 atom stereocenters. The lowest BCUT2D eigenvalue weighted by Crippen LogP contribution is -1.90. The Morgan fingerprint density at radius 1 is 0.833 bits per heavy atom. The molecule has 94 valence electrons. The van der Waals surface area contributed by atoms with Crippen LogP contribution in [0, 0.1) is 0 Å². The second kappa shape index (κ2) is 6.03. The van der Waals surface area contributed by atoms with E-state index in [4.69, 9.17) is 51.1 Å². The summed E-state index contributed by atoms with van der Waals surface area (Å²) in [5, 5.41) is 1.61. The Bertz CT molecular complexity index is 569. The lowest BCUT2D eigenvalue weighted by atomic mass is 10.2. The van der Waals surface area contributed by atoms with E-state index in [1.807, 2.05) is 0 Å². The molecule has 0 N–H and O–H groups in total. The van der Waals surface area contributed by atoms with Crippen LogP contribution in [0.25, 0.3) is 0 Å². The van der Waals surface area contributed by atoms with Crippen molar-refractivity contribution in [2.75, 3.05) is 0 Å². The summed E-state index contributed by atoms with van der Waals surface area (Å²) in [5.41, 5.74) is 0.801. The minimum absolute atomic E-state index is 0.307. The molecule has 0 aliphatic heterocycles. The van der Waals surface area contributed by atoms with E-state index < -0.39 is 0 Å². The predicted molar refractivity (Wildman–Crippen MR) is 77.5 cm³/mol. The summed E-state index contributed by atoms with van der Waals surface area (Å²) in [4.78, 5) is 0. The van der Waals surface area contributed by atoms with Crippen molar-refractivity contribution in [1.29, 1.82) is 0 Å². The largest absolute Gasteiger partial charge is 0.455 e. The Morgan fingerprint density at radius 2 is 1.44 bits per heavy atom. The van der Waals surface area contributed by atoms with E-state index in [-0.39, 0.29) is 0 Å². The molecular weight excluding hydrogens is 314 g/mol. The van der Waals surface area contributed by atoms with E-state index in [0.29, 0.717) is 32.4 Å². The summed E-state index contributed by atoms with van der Waals surface area (Å²) in [6.07, 6.45) is 0. The molecule has 0 unspecified atom stereocenters. The van der Waals surface area contributed by atoms with Gasteiger partial charge in [0.05, 0.1) is 10.9 Å². The van der Waals surface area contributed by atoms with Crippen molar-refractivity contribution in [2.24, 2.45) is 0 Å². The minimum atomic E-state index is 0.307. The Balaban J connectivity index is 2.33. The average Bonchev–Trinajstić information content (AvgIpc) is 2.34. The topological polar surface area (TPSA) is 9.23 Å². The van der Waals surface area contributed by atoms with Crippen LogP contribution in [-0.4, -0.2) is 0 Å². The number of rotatable bonds is 3. The highest BCUT2D eigenvalue weighted by molar-refractivity contribution is 6.35. The maximum absolute atomic E-state index is 6.04. The molecule has 5 heteroatoms. The van der Waals surface area contributed by atoms with E-state index in [1.165, 1.54) is 0 Å². The third-order valence-corrected chi connectivity index (χ3v) is 3.33. The summed E-state index contributed by atoms with van der Waals surface area (Å²) in [5.74, 6) is 1.45. The number of benzene rings is 2. The zero-order chi connectivity index (χ0) is 13.1. The van der Waals surface area contributed by atoms with E-state index in [2.05, 4.69) is 0 Å². The molecule has 2 aromatic carbocycles. The summed E-state index contributed by atoms with van der Waals surface area (Å²) in [7, 11) is 0. The van der Waals surface area contributed by atoms with Crippen molar-refractivity contribution >= 4 is 46.4 Å². The molecule has 0 saturated carbocycles. The van der Waals surface area contributed by atoms with Crippen LogP contribution in [0.3, 0.4) is 0 Å². The fourth-order valence-electron chi connectivity index (χ4n) is 1.43. The van der Waals surface area contributed by atoms with Gasteiger partial charge >= 0.3 is 0 Å². The van der Waals surface area contributed by atoms with Gasteiger partial charge in [-0.3, -0.25) is 0 Å². The van der Waals surface area contributed by atoms with Crippen molar-refractivity contribution < 1.29 is 4.74 Å². The summed E-state index contributed by atoms with van der Waals surface area (Å²) in [6.45, 7) is 0. The molecule has 0 bridgehead atoms. The van der Waals surface area contributed by atoms with Gasteiger partial charge in [0.1, 0.15) is 11.5 Å². The zero-order valence-corrected chi connectivity index (χ0v) is 12.1. The highest BCUT2D eigenvalue weighted by Gasteiger charge is 2.08. The van der Waals surface area contributed by atoms with Crippen molar-refractivity contribution in [1.82, 2.24) is 0 Å². The molecule has 0 spiro atoms. The first-order valence-corrected chi connectivity index (χ1v) is 6.74. The molecule has 18 heavy (non-hydrogen) atoms. The van der Waals surface area contributed by atoms with E-state index in [9.17, 15) is 0 Å². The molecule has 2 aromatic rings. The Hall–Kier alpha value is -0.600.